The van der Waals surface area contributed by atoms with Crippen LogP contribution in [-0.4, -0.2) is 19.5 Å². The number of nitrogens with one attached hydrogen (secondary N) is 1. The van der Waals surface area contributed by atoms with Gasteiger partial charge >= 0.3 is 0 Å². The van der Waals surface area contributed by atoms with Crippen LogP contribution in [0.15, 0.2) is 36.8 Å². The van der Waals surface area contributed by atoms with E-state index >= 15 is 0 Å². The molecule has 3 aromatic rings. The van der Waals surface area contributed by atoms with Crippen LogP contribution in [0.3, 0.4) is 0 Å². The van der Waals surface area contributed by atoms with Gasteiger partial charge in [-0.2, -0.15) is 4.39 Å². The highest BCUT2D eigenvalue weighted by Crippen LogP contribution is 2.27. The van der Waals surface area contributed by atoms with Gasteiger partial charge in [-0.1, -0.05) is 6.92 Å². The quantitative estimate of drug-likeness (QED) is 0.710. The number of hydrogen-bond donors (Lipinski definition) is 2. The molecular formula is C14H14FN3O. The standard InChI is InChI=1S/C14H14FN3O/c1-2-9-5-8-18-11(15)4-3-10(12(9)18)13(19)14-16-6-7-17-14/h3-8,13,19H,2H2,1H3,(H,16,17). The molecule has 0 saturated heterocycles. The molecule has 0 aliphatic carbocycles. The Kier molecular flexibility index (Phi) is 2.83. The van der Waals surface area contributed by atoms with E-state index in [0.29, 0.717) is 16.9 Å². The number of pyridine rings is 1. The predicted molar refractivity (Wildman–Crippen MR) is 69.4 cm³/mol. The Balaban J connectivity index is 2.23. The van der Waals surface area contributed by atoms with Crippen molar-refractivity contribution in [3.05, 3.63) is 59.7 Å². The zero-order valence-corrected chi connectivity index (χ0v) is 10.5. The van der Waals surface area contributed by atoms with Gasteiger partial charge in [0.15, 0.2) is 5.95 Å². The molecule has 3 aromatic heterocycles. The Morgan fingerprint density at radius 3 is 2.95 bits per heavy atom. The van der Waals surface area contributed by atoms with Crippen LogP contribution in [0.2, 0.25) is 0 Å². The van der Waals surface area contributed by atoms with E-state index in [-0.39, 0.29) is 5.95 Å². The lowest BCUT2D eigenvalue weighted by Gasteiger charge is -2.12. The number of H-pyrrole nitrogens is 1. The Morgan fingerprint density at radius 1 is 1.42 bits per heavy atom. The summed E-state index contributed by atoms with van der Waals surface area (Å²) in [5, 5.41) is 10.4. The smallest absolute Gasteiger partial charge is 0.198 e. The number of hydrogen-bond acceptors (Lipinski definition) is 2. The normalized spacial score (nSPS) is 13.0. The van der Waals surface area contributed by atoms with Gasteiger partial charge in [-0.3, -0.25) is 4.40 Å². The molecule has 0 spiro atoms. The molecule has 0 saturated carbocycles. The third-order valence-corrected chi connectivity index (χ3v) is 3.33. The fourth-order valence-electron chi connectivity index (χ4n) is 2.37. The van der Waals surface area contributed by atoms with Crippen LogP contribution in [0.25, 0.3) is 5.52 Å². The zero-order chi connectivity index (χ0) is 13.4. The maximum absolute atomic E-state index is 13.8. The van der Waals surface area contributed by atoms with E-state index in [2.05, 4.69) is 9.97 Å². The summed E-state index contributed by atoms with van der Waals surface area (Å²) in [6, 6.07) is 4.84. The highest BCUT2D eigenvalue weighted by Gasteiger charge is 2.19. The molecule has 98 valence electrons. The Morgan fingerprint density at radius 2 is 2.26 bits per heavy atom. The lowest BCUT2D eigenvalue weighted by Crippen LogP contribution is -2.06. The number of imidazole rings is 1. The average Bonchev–Trinajstić information content (AvgIpc) is 3.08. The molecule has 4 nitrogen and oxygen atoms in total. The fraction of sp³-hybridized carbons (Fsp3) is 0.214. The molecule has 19 heavy (non-hydrogen) atoms. The molecule has 2 N–H and O–H groups in total. The minimum atomic E-state index is -0.890. The van der Waals surface area contributed by atoms with Crippen molar-refractivity contribution in [2.24, 2.45) is 0 Å². The van der Waals surface area contributed by atoms with Crippen LogP contribution >= 0.6 is 0 Å². The van der Waals surface area contributed by atoms with Gasteiger partial charge in [0.05, 0.1) is 5.52 Å². The number of rotatable bonds is 3. The second kappa shape index (κ2) is 4.51. The maximum atomic E-state index is 13.8. The van der Waals surface area contributed by atoms with Gasteiger partial charge in [0.1, 0.15) is 11.9 Å². The molecule has 0 aliphatic heterocycles. The van der Waals surface area contributed by atoms with Gasteiger partial charge < -0.3 is 10.1 Å². The van der Waals surface area contributed by atoms with Gasteiger partial charge in [-0.15, -0.1) is 0 Å². The monoisotopic (exact) mass is 259 g/mol. The van der Waals surface area contributed by atoms with Crippen LogP contribution in [0.4, 0.5) is 4.39 Å². The van der Waals surface area contributed by atoms with Crippen molar-refractivity contribution in [3.63, 3.8) is 0 Å². The topological polar surface area (TPSA) is 53.3 Å². The van der Waals surface area contributed by atoms with E-state index in [1.807, 2.05) is 13.0 Å². The fourth-order valence-corrected chi connectivity index (χ4v) is 2.37. The summed E-state index contributed by atoms with van der Waals surface area (Å²) in [5.41, 5.74) is 2.37. The van der Waals surface area contributed by atoms with Crippen molar-refractivity contribution in [1.82, 2.24) is 14.4 Å². The molecule has 1 unspecified atom stereocenters. The van der Waals surface area contributed by atoms with E-state index in [9.17, 15) is 9.50 Å². The van der Waals surface area contributed by atoms with E-state index in [1.165, 1.54) is 10.5 Å². The number of aromatic amines is 1. The van der Waals surface area contributed by atoms with Crippen LogP contribution < -0.4 is 0 Å². The first-order chi connectivity index (χ1) is 9.22. The third-order valence-electron chi connectivity index (χ3n) is 3.33. The average molecular weight is 259 g/mol. The van der Waals surface area contributed by atoms with Crippen LogP contribution in [0.5, 0.6) is 0 Å². The number of fused-ring (bicyclic) bond motifs is 1. The van der Waals surface area contributed by atoms with E-state index < -0.39 is 6.10 Å². The molecule has 0 bridgehead atoms. The van der Waals surface area contributed by atoms with Crippen molar-refractivity contribution >= 4 is 5.52 Å². The number of aliphatic hydroxyl groups excluding tert-OH is 1. The highest BCUT2D eigenvalue weighted by atomic mass is 19.1. The molecule has 0 aromatic carbocycles. The number of aromatic nitrogens is 3. The van der Waals surface area contributed by atoms with Crippen molar-refractivity contribution in [2.75, 3.05) is 0 Å². The number of nitrogens with zero attached hydrogens (tertiary/aromatic N) is 2. The van der Waals surface area contributed by atoms with E-state index in [4.69, 9.17) is 0 Å². The molecular weight excluding hydrogens is 245 g/mol. The first kappa shape index (κ1) is 11.9. The highest BCUT2D eigenvalue weighted by molar-refractivity contribution is 5.63. The molecule has 3 rings (SSSR count). The van der Waals surface area contributed by atoms with Crippen molar-refractivity contribution < 1.29 is 9.50 Å². The minimum Gasteiger partial charge on any atom is -0.380 e. The molecule has 0 aliphatic rings. The van der Waals surface area contributed by atoms with Gasteiger partial charge in [0.25, 0.3) is 0 Å². The minimum absolute atomic E-state index is 0.343. The molecule has 0 fully saturated rings. The van der Waals surface area contributed by atoms with Crippen molar-refractivity contribution in [3.8, 4) is 0 Å². The second-order valence-corrected chi connectivity index (χ2v) is 4.40. The van der Waals surface area contributed by atoms with Crippen molar-refractivity contribution in [1.29, 1.82) is 0 Å². The second-order valence-electron chi connectivity index (χ2n) is 4.40. The maximum Gasteiger partial charge on any atom is 0.198 e. The van der Waals surface area contributed by atoms with E-state index in [0.717, 1.165) is 12.0 Å². The molecule has 1 atom stereocenters. The number of aryl methyl sites for hydroxylation is 1. The predicted octanol–water partition coefficient (Wildman–Crippen LogP) is 2.45. The molecule has 0 radical (unpaired) electrons. The first-order valence-corrected chi connectivity index (χ1v) is 6.18. The van der Waals surface area contributed by atoms with Crippen LogP contribution in [0.1, 0.15) is 30.0 Å². The Bertz CT molecular complexity index is 703. The Labute approximate surface area is 109 Å². The van der Waals surface area contributed by atoms with E-state index in [1.54, 1.807) is 24.7 Å². The summed E-state index contributed by atoms with van der Waals surface area (Å²) in [5.74, 6) is 0.113. The lowest BCUT2D eigenvalue weighted by atomic mass is 10.1. The number of halogens is 1. The van der Waals surface area contributed by atoms with Crippen LogP contribution in [0, 0.1) is 5.95 Å². The zero-order valence-electron chi connectivity index (χ0n) is 10.5. The molecule has 0 amide bonds. The SMILES string of the molecule is CCc1ccn2c(F)ccc(C(O)c3ncc[nH]3)c12. The first-order valence-electron chi connectivity index (χ1n) is 6.18. The number of aliphatic hydroxyl groups is 1. The van der Waals surface area contributed by atoms with Gasteiger partial charge in [-0.05, 0) is 30.2 Å². The summed E-state index contributed by atoms with van der Waals surface area (Å²) >= 11 is 0. The summed E-state index contributed by atoms with van der Waals surface area (Å²) in [7, 11) is 0. The molecule has 5 heteroatoms. The van der Waals surface area contributed by atoms with Gasteiger partial charge in [-0.25, -0.2) is 4.98 Å². The lowest BCUT2D eigenvalue weighted by molar-refractivity contribution is 0.212. The van der Waals surface area contributed by atoms with Gasteiger partial charge in [0.2, 0.25) is 0 Å². The van der Waals surface area contributed by atoms with Crippen molar-refractivity contribution in [2.45, 2.75) is 19.4 Å². The Hall–Kier alpha value is -2.14. The largest absolute Gasteiger partial charge is 0.380 e. The van der Waals surface area contributed by atoms with Gasteiger partial charge in [0, 0.05) is 24.2 Å². The van der Waals surface area contributed by atoms with Crippen LogP contribution in [-0.2, 0) is 6.42 Å². The molecule has 3 heterocycles. The summed E-state index contributed by atoms with van der Waals surface area (Å²) in [6.45, 7) is 2.00. The summed E-state index contributed by atoms with van der Waals surface area (Å²) < 4.78 is 15.2. The summed E-state index contributed by atoms with van der Waals surface area (Å²) in [4.78, 5) is 6.93. The summed E-state index contributed by atoms with van der Waals surface area (Å²) in [6.07, 6.45) is 4.80. The third kappa shape index (κ3) is 1.82.